The maximum atomic E-state index is 11.3. The topological polar surface area (TPSA) is 69.6 Å². The predicted octanol–water partition coefficient (Wildman–Crippen LogP) is 0.590. The smallest absolute Gasteiger partial charge is 0.317 e. The van der Waals surface area contributed by atoms with Gasteiger partial charge in [0.2, 0.25) is 5.91 Å². The number of hydrogen-bond donors (Lipinski definition) is 2. The maximum Gasteiger partial charge on any atom is 0.317 e. The van der Waals surface area contributed by atoms with Crippen molar-refractivity contribution in [3.8, 4) is 0 Å². The zero-order valence-electron chi connectivity index (χ0n) is 9.51. The Morgan fingerprint density at radius 1 is 1.41 bits per heavy atom. The van der Waals surface area contributed by atoms with Crippen molar-refractivity contribution in [3.63, 3.8) is 0 Å². The van der Waals surface area contributed by atoms with E-state index in [1.807, 2.05) is 36.1 Å². The van der Waals surface area contributed by atoms with Crippen LogP contribution >= 0.6 is 0 Å². The molecule has 2 N–H and O–H groups in total. The van der Waals surface area contributed by atoms with Gasteiger partial charge in [-0.05, 0) is 19.1 Å². The van der Waals surface area contributed by atoms with Crippen LogP contribution in [-0.2, 0) is 9.59 Å². The van der Waals surface area contributed by atoms with Gasteiger partial charge in [-0.1, -0.05) is 17.7 Å². The van der Waals surface area contributed by atoms with Gasteiger partial charge in [-0.3, -0.25) is 9.59 Å². The van der Waals surface area contributed by atoms with Gasteiger partial charge in [0.25, 0.3) is 0 Å². The van der Waals surface area contributed by atoms with Crippen molar-refractivity contribution < 1.29 is 14.7 Å². The predicted molar refractivity (Wildman–Crippen MR) is 62.7 cm³/mol. The average molecular weight is 234 g/mol. The van der Waals surface area contributed by atoms with Gasteiger partial charge in [0.05, 0.1) is 6.67 Å². The maximum absolute atomic E-state index is 11.3. The summed E-state index contributed by atoms with van der Waals surface area (Å²) < 4.78 is 0. The molecule has 0 spiro atoms. The number of carbonyl (C=O) groups is 2. The van der Waals surface area contributed by atoms with Crippen molar-refractivity contribution in [1.29, 1.82) is 0 Å². The lowest BCUT2D eigenvalue weighted by molar-refractivity contribution is -0.147. The molecule has 1 aromatic rings. The van der Waals surface area contributed by atoms with Crippen LogP contribution in [0.3, 0.4) is 0 Å². The third-order valence-electron chi connectivity index (χ3n) is 2.86. The molecule has 0 radical (unpaired) electrons. The lowest BCUT2D eigenvalue weighted by Crippen LogP contribution is -2.53. The number of nitrogens with one attached hydrogen (secondary N) is 1. The molecule has 0 bridgehead atoms. The standard InChI is InChI=1S/C12H14N2O3/c1-8-2-4-9(5-3-8)14-6-10(12(16)17)11(15)13-7-14/h2-5,10H,6-7H2,1H3,(H,13,15)(H,16,17). The molecule has 1 fully saturated rings. The summed E-state index contributed by atoms with van der Waals surface area (Å²) in [5.41, 5.74) is 2.06. The van der Waals surface area contributed by atoms with E-state index in [-0.39, 0.29) is 6.54 Å². The molecule has 1 aliphatic rings. The summed E-state index contributed by atoms with van der Waals surface area (Å²) in [7, 11) is 0. The van der Waals surface area contributed by atoms with Crippen LogP contribution in [0, 0.1) is 12.8 Å². The quantitative estimate of drug-likeness (QED) is 0.735. The van der Waals surface area contributed by atoms with E-state index >= 15 is 0 Å². The Kier molecular flexibility index (Phi) is 2.99. The Bertz CT molecular complexity index is 442. The van der Waals surface area contributed by atoms with Crippen molar-refractivity contribution in [2.24, 2.45) is 5.92 Å². The summed E-state index contributed by atoms with van der Waals surface area (Å²) in [6.07, 6.45) is 0. The Balaban J connectivity index is 2.15. The number of nitrogens with zero attached hydrogens (tertiary/aromatic N) is 1. The molecule has 1 unspecified atom stereocenters. The highest BCUT2D eigenvalue weighted by atomic mass is 16.4. The molecular formula is C12H14N2O3. The van der Waals surface area contributed by atoms with Gasteiger partial charge in [0.1, 0.15) is 0 Å². The number of anilines is 1. The van der Waals surface area contributed by atoms with Crippen LogP contribution in [0.2, 0.25) is 0 Å². The fraction of sp³-hybridized carbons (Fsp3) is 0.333. The second-order valence-corrected chi connectivity index (χ2v) is 4.15. The van der Waals surface area contributed by atoms with Gasteiger partial charge in [0, 0.05) is 12.2 Å². The number of carbonyl (C=O) groups excluding carboxylic acids is 1. The summed E-state index contributed by atoms with van der Waals surface area (Å²) in [5.74, 6) is -2.50. The number of aryl methyl sites for hydroxylation is 1. The van der Waals surface area contributed by atoms with Gasteiger partial charge in [0.15, 0.2) is 5.92 Å². The molecule has 0 aliphatic carbocycles. The Morgan fingerprint density at radius 2 is 2.06 bits per heavy atom. The second kappa shape index (κ2) is 4.45. The summed E-state index contributed by atoms with van der Waals surface area (Å²) in [6, 6.07) is 7.76. The van der Waals surface area contributed by atoms with E-state index in [9.17, 15) is 9.59 Å². The average Bonchev–Trinajstić information content (AvgIpc) is 2.30. The van der Waals surface area contributed by atoms with E-state index in [2.05, 4.69) is 5.32 Å². The second-order valence-electron chi connectivity index (χ2n) is 4.15. The molecule has 2 rings (SSSR count). The van der Waals surface area contributed by atoms with Crippen molar-refractivity contribution in [2.45, 2.75) is 6.92 Å². The highest BCUT2D eigenvalue weighted by molar-refractivity contribution is 5.98. The molecule has 1 aliphatic heterocycles. The van der Waals surface area contributed by atoms with E-state index < -0.39 is 17.8 Å². The van der Waals surface area contributed by atoms with E-state index in [0.717, 1.165) is 11.3 Å². The van der Waals surface area contributed by atoms with Crippen LogP contribution in [0.25, 0.3) is 0 Å². The van der Waals surface area contributed by atoms with Crippen molar-refractivity contribution >= 4 is 17.6 Å². The number of benzene rings is 1. The van der Waals surface area contributed by atoms with Gasteiger partial charge in [-0.25, -0.2) is 0 Å². The van der Waals surface area contributed by atoms with Crippen molar-refractivity contribution in [3.05, 3.63) is 29.8 Å². The van der Waals surface area contributed by atoms with Crippen LogP contribution in [0.15, 0.2) is 24.3 Å². The highest BCUT2D eigenvalue weighted by Crippen LogP contribution is 2.18. The summed E-state index contributed by atoms with van der Waals surface area (Å²) in [6.45, 7) is 2.55. The Morgan fingerprint density at radius 3 is 2.65 bits per heavy atom. The largest absolute Gasteiger partial charge is 0.481 e. The van der Waals surface area contributed by atoms with E-state index in [0.29, 0.717) is 6.67 Å². The van der Waals surface area contributed by atoms with Gasteiger partial charge in [-0.15, -0.1) is 0 Å². The number of carboxylic acids is 1. The third kappa shape index (κ3) is 2.38. The Hall–Kier alpha value is -2.04. The molecule has 1 amide bonds. The zero-order chi connectivity index (χ0) is 12.4. The first-order valence-corrected chi connectivity index (χ1v) is 5.40. The minimum absolute atomic E-state index is 0.213. The van der Waals surface area contributed by atoms with Crippen LogP contribution < -0.4 is 10.2 Å². The van der Waals surface area contributed by atoms with Crippen molar-refractivity contribution in [1.82, 2.24) is 5.32 Å². The number of carboxylic acid groups (broad SMARTS) is 1. The molecule has 5 nitrogen and oxygen atoms in total. The number of rotatable bonds is 2. The van der Waals surface area contributed by atoms with Crippen LogP contribution in [-0.4, -0.2) is 30.2 Å². The monoisotopic (exact) mass is 234 g/mol. The molecule has 90 valence electrons. The molecular weight excluding hydrogens is 220 g/mol. The SMILES string of the molecule is Cc1ccc(N2CNC(=O)C(C(=O)O)C2)cc1. The molecule has 1 heterocycles. The van der Waals surface area contributed by atoms with Crippen LogP contribution in [0.1, 0.15) is 5.56 Å². The third-order valence-corrected chi connectivity index (χ3v) is 2.86. The molecule has 1 aromatic carbocycles. The lowest BCUT2D eigenvalue weighted by atomic mass is 10.1. The minimum atomic E-state index is -1.08. The number of aliphatic carboxylic acids is 1. The fourth-order valence-corrected chi connectivity index (χ4v) is 1.81. The van der Waals surface area contributed by atoms with Crippen LogP contribution in [0.4, 0.5) is 5.69 Å². The van der Waals surface area contributed by atoms with Gasteiger partial charge < -0.3 is 15.3 Å². The van der Waals surface area contributed by atoms with Gasteiger partial charge >= 0.3 is 5.97 Å². The summed E-state index contributed by atoms with van der Waals surface area (Å²) in [4.78, 5) is 24.1. The summed E-state index contributed by atoms with van der Waals surface area (Å²) in [5, 5.41) is 11.5. The molecule has 1 atom stereocenters. The fourth-order valence-electron chi connectivity index (χ4n) is 1.81. The first-order chi connectivity index (χ1) is 8.08. The van der Waals surface area contributed by atoms with E-state index in [1.54, 1.807) is 0 Å². The first kappa shape index (κ1) is 11.4. The molecule has 0 aromatic heterocycles. The van der Waals surface area contributed by atoms with Gasteiger partial charge in [-0.2, -0.15) is 0 Å². The normalized spacial score (nSPS) is 19.9. The number of amides is 1. The number of hydrogen-bond acceptors (Lipinski definition) is 3. The zero-order valence-corrected chi connectivity index (χ0v) is 9.51. The Labute approximate surface area is 99.0 Å². The highest BCUT2D eigenvalue weighted by Gasteiger charge is 2.32. The lowest BCUT2D eigenvalue weighted by Gasteiger charge is -2.32. The first-order valence-electron chi connectivity index (χ1n) is 5.40. The van der Waals surface area contributed by atoms with Crippen LogP contribution in [0.5, 0.6) is 0 Å². The summed E-state index contributed by atoms with van der Waals surface area (Å²) >= 11 is 0. The minimum Gasteiger partial charge on any atom is -0.481 e. The molecule has 0 saturated carbocycles. The van der Waals surface area contributed by atoms with E-state index in [4.69, 9.17) is 5.11 Å². The molecule has 5 heteroatoms. The van der Waals surface area contributed by atoms with E-state index in [1.165, 1.54) is 0 Å². The molecule has 1 saturated heterocycles. The van der Waals surface area contributed by atoms with Crippen molar-refractivity contribution in [2.75, 3.05) is 18.1 Å². The molecule has 17 heavy (non-hydrogen) atoms.